The molecule has 2 aromatic heterocycles. The van der Waals surface area contributed by atoms with Crippen molar-refractivity contribution < 1.29 is 25.8 Å². The van der Waals surface area contributed by atoms with Gasteiger partial charge in [0.05, 0.1) is 0 Å². The van der Waals surface area contributed by atoms with Crippen LogP contribution in [0, 0.1) is 83.1 Å². The van der Waals surface area contributed by atoms with Gasteiger partial charge in [-0.3, -0.25) is 0 Å². The molecule has 0 amide bonds. The molecule has 0 unspecified atom stereocenters. The van der Waals surface area contributed by atoms with E-state index in [1.54, 1.807) is 0 Å². The first-order valence-corrected chi connectivity index (χ1v) is 22.1. The van der Waals surface area contributed by atoms with Gasteiger partial charge in [0.15, 0.2) is 0 Å². The molecule has 6 nitrogen and oxygen atoms in total. The van der Waals surface area contributed by atoms with Crippen LogP contribution in [-0.2, 0) is 0 Å². The molecule has 0 radical (unpaired) electrons. The van der Waals surface area contributed by atoms with E-state index in [-0.39, 0.29) is 5.92 Å². The van der Waals surface area contributed by atoms with Crippen LogP contribution < -0.4 is 9.05 Å². The van der Waals surface area contributed by atoms with Crippen molar-refractivity contribution in [3.05, 3.63) is 151 Å². The fourth-order valence-corrected chi connectivity index (χ4v) is 11.3. The van der Waals surface area contributed by atoms with E-state index in [1.165, 1.54) is 22.3 Å². The van der Waals surface area contributed by atoms with Crippen molar-refractivity contribution in [3.8, 4) is 11.5 Å². The molecule has 0 aliphatic rings. The maximum Gasteiger partial charge on any atom is 0.453 e. The normalized spacial score (nSPS) is 11.7. The van der Waals surface area contributed by atoms with Gasteiger partial charge in [0.1, 0.15) is 33.8 Å². The third kappa shape index (κ3) is 7.34. The van der Waals surface area contributed by atoms with E-state index in [0.29, 0.717) is 0 Å². The Kier molecular flexibility index (Phi) is 10.3. The second-order valence-electron chi connectivity index (χ2n) is 16.6. The number of hydrogen-bond acceptors (Lipinski definition) is 6. The molecule has 0 spiro atoms. The molecule has 0 atom stereocenters. The fourth-order valence-electron chi connectivity index (χ4n) is 8.70. The van der Waals surface area contributed by atoms with Crippen molar-refractivity contribution in [2.75, 3.05) is 0 Å². The Labute approximate surface area is 343 Å². The molecule has 8 aromatic rings. The molecule has 0 saturated carbocycles. The lowest BCUT2D eigenvalue weighted by atomic mass is 9.87. The lowest BCUT2D eigenvalue weighted by Gasteiger charge is -2.22. The monoisotopic (exact) mass is 810 g/mol. The van der Waals surface area contributed by atoms with Crippen LogP contribution in [0.1, 0.15) is 90.7 Å². The second kappa shape index (κ2) is 15.1. The van der Waals surface area contributed by atoms with Crippen LogP contribution in [0.4, 0.5) is 0 Å². The zero-order chi connectivity index (χ0) is 41.3. The van der Waals surface area contributed by atoms with Crippen molar-refractivity contribution in [2.24, 2.45) is 0 Å². The van der Waals surface area contributed by atoms with Crippen LogP contribution in [0.3, 0.4) is 0 Å². The lowest BCUT2D eigenvalue weighted by molar-refractivity contribution is 0.484. The van der Waals surface area contributed by atoms with Crippen LogP contribution in [-0.4, -0.2) is 0 Å². The molecular formula is C50H52O6P2. The van der Waals surface area contributed by atoms with Crippen LogP contribution in [0.2, 0.25) is 0 Å². The average Bonchev–Trinajstić information content (AvgIpc) is 3.39. The first kappa shape index (κ1) is 39.5. The molecular weight excluding hydrogens is 758 g/mol. The summed E-state index contributed by atoms with van der Waals surface area (Å²) in [6.45, 7) is 27.5. The molecule has 0 N–H and O–H groups in total. The molecule has 0 saturated heterocycles. The summed E-state index contributed by atoms with van der Waals surface area (Å²) in [6.07, 6.45) is 0. The molecule has 8 rings (SSSR count). The van der Waals surface area contributed by atoms with E-state index >= 15 is 0 Å². The minimum Gasteiger partial charge on any atom is -0.390 e. The molecule has 8 heteroatoms. The summed E-state index contributed by atoms with van der Waals surface area (Å²) >= 11 is 0. The van der Waals surface area contributed by atoms with Crippen molar-refractivity contribution >= 4 is 60.4 Å². The maximum absolute atomic E-state index is 7.00. The third-order valence-corrected chi connectivity index (χ3v) is 13.1. The summed E-state index contributed by atoms with van der Waals surface area (Å²) < 4.78 is 41.1. The van der Waals surface area contributed by atoms with Gasteiger partial charge in [-0.05, 0) is 163 Å². The topological polar surface area (TPSA) is 71.0 Å². The zero-order valence-corrected chi connectivity index (χ0v) is 37.6. The predicted octanol–water partition coefficient (Wildman–Crippen LogP) is 16.4. The van der Waals surface area contributed by atoms with Crippen molar-refractivity contribution in [1.82, 2.24) is 0 Å². The SMILES string of the molecule is Cc1cc(C)c(Op2oc3c(C)cc(C)cc3c3cc(C)cc(C)c3o2)c(C(C)c2cc(C)cc(C)c2Op2oc3c(C)cc(C)cc3c3cc(C)cc(C)c3o2)c1. The highest BCUT2D eigenvalue weighted by Crippen LogP contribution is 2.48. The van der Waals surface area contributed by atoms with Gasteiger partial charge in [-0.1, -0.05) is 66.6 Å². The summed E-state index contributed by atoms with van der Waals surface area (Å²) in [5.74, 6) is 1.32. The Morgan fingerprint density at radius 3 is 0.862 bits per heavy atom. The van der Waals surface area contributed by atoms with Gasteiger partial charge < -0.3 is 25.8 Å². The van der Waals surface area contributed by atoms with Gasteiger partial charge in [-0.15, -0.1) is 0 Å². The summed E-state index contributed by atoms with van der Waals surface area (Å²) in [7, 11) is -3.80. The smallest absolute Gasteiger partial charge is 0.390 e. The molecule has 0 bridgehead atoms. The van der Waals surface area contributed by atoms with Crippen molar-refractivity contribution in [2.45, 2.75) is 95.9 Å². The van der Waals surface area contributed by atoms with E-state index < -0.39 is 16.5 Å². The Morgan fingerprint density at radius 1 is 0.345 bits per heavy atom. The summed E-state index contributed by atoms with van der Waals surface area (Å²) in [5, 5.41) is 4.07. The maximum atomic E-state index is 7.00. The summed E-state index contributed by atoms with van der Waals surface area (Å²) in [4.78, 5) is 0. The van der Waals surface area contributed by atoms with Crippen molar-refractivity contribution in [3.63, 3.8) is 0 Å². The first-order chi connectivity index (χ1) is 27.5. The minimum absolute atomic E-state index is 0.159. The van der Waals surface area contributed by atoms with E-state index in [4.69, 9.17) is 25.8 Å². The first-order valence-electron chi connectivity index (χ1n) is 19.9. The van der Waals surface area contributed by atoms with Gasteiger partial charge in [0.2, 0.25) is 0 Å². The Hall–Kier alpha value is -5.28. The van der Waals surface area contributed by atoms with E-state index in [0.717, 1.165) is 111 Å². The van der Waals surface area contributed by atoms with Gasteiger partial charge in [-0.2, -0.15) is 0 Å². The lowest BCUT2D eigenvalue weighted by Crippen LogP contribution is -2.04. The number of aryl methyl sites for hydroxylation is 12. The molecule has 6 aromatic carbocycles. The van der Waals surface area contributed by atoms with Crippen LogP contribution >= 0.6 is 16.5 Å². The Morgan fingerprint density at radius 2 is 0.586 bits per heavy atom. The largest absolute Gasteiger partial charge is 0.453 e. The van der Waals surface area contributed by atoms with Gasteiger partial charge in [0.25, 0.3) is 0 Å². The zero-order valence-electron chi connectivity index (χ0n) is 35.8. The molecule has 2 heterocycles. The number of rotatable bonds is 6. The average molecular weight is 811 g/mol. The minimum atomic E-state index is -1.90. The number of fused-ring (bicyclic) bond motifs is 6. The Bertz CT molecular complexity index is 2710. The van der Waals surface area contributed by atoms with Crippen LogP contribution in [0.15, 0.2) is 89.6 Å². The van der Waals surface area contributed by atoms with Crippen LogP contribution in [0.5, 0.6) is 11.5 Å². The quantitative estimate of drug-likeness (QED) is 0.167. The molecule has 0 fully saturated rings. The van der Waals surface area contributed by atoms with E-state index in [9.17, 15) is 0 Å². The standard InChI is InChI=1S/C50H52O6P2/c1-26-14-32(7)45(51-57-53-47-34(9)16-28(3)22-41(47)42-23-29(4)17-35(10)48(42)54-57)39(20-26)38(13)40-21-27(2)15-33(8)46(40)52-58-55-49-36(11)18-30(5)24-43(49)44-25-31(6)19-37(12)50(44)56-58/h14-25,38H,1-13H3. The van der Waals surface area contributed by atoms with E-state index in [2.05, 4.69) is 163 Å². The van der Waals surface area contributed by atoms with Gasteiger partial charge >= 0.3 is 16.5 Å². The number of benzene rings is 6. The summed E-state index contributed by atoms with van der Waals surface area (Å²) in [5.41, 5.74) is 18.3. The molecule has 0 aliphatic heterocycles. The second-order valence-corrected chi connectivity index (χ2v) is 18.5. The van der Waals surface area contributed by atoms with Crippen LogP contribution in [0.25, 0.3) is 43.9 Å². The predicted molar refractivity (Wildman–Crippen MR) is 242 cm³/mol. The highest BCUT2D eigenvalue weighted by Gasteiger charge is 2.25. The van der Waals surface area contributed by atoms with Crippen molar-refractivity contribution in [1.29, 1.82) is 0 Å². The molecule has 298 valence electrons. The highest BCUT2D eigenvalue weighted by atomic mass is 31.1. The number of hydrogen-bond donors (Lipinski definition) is 0. The molecule has 0 aliphatic carbocycles. The Balaban J connectivity index is 1.31. The van der Waals surface area contributed by atoms with Gasteiger partial charge in [0, 0.05) is 38.6 Å². The molecule has 58 heavy (non-hydrogen) atoms. The third-order valence-electron chi connectivity index (χ3n) is 11.1. The van der Waals surface area contributed by atoms with Gasteiger partial charge in [-0.25, -0.2) is 0 Å². The fraction of sp³-hybridized carbons (Fsp3) is 0.280. The summed E-state index contributed by atoms with van der Waals surface area (Å²) in [6, 6.07) is 26.0. The highest BCUT2D eigenvalue weighted by molar-refractivity contribution is 7.32. The van der Waals surface area contributed by atoms with E-state index in [1.807, 2.05) is 0 Å².